The lowest BCUT2D eigenvalue weighted by Gasteiger charge is -2.17. The van der Waals surface area contributed by atoms with Gasteiger partial charge in [0.25, 0.3) is 5.91 Å². The number of rotatable bonds is 6. The molecule has 9 heteroatoms. The minimum atomic E-state index is -0.962. The molecular formula is C19H19N3O6. The molecule has 9 nitrogen and oxygen atoms in total. The predicted molar refractivity (Wildman–Crippen MR) is 98.3 cm³/mol. The van der Waals surface area contributed by atoms with E-state index in [0.717, 1.165) is 5.01 Å². The van der Waals surface area contributed by atoms with Gasteiger partial charge in [-0.3, -0.25) is 4.79 Å². The summed E-state index contributed by atoms with van der Waals surface area (Å²) in [6.45, 7) is 3.45. The summed E-state index contributed by atoms with van der Waals surface area (Å²) in [7, 11) is 1.42. The summed E-state index contributed by atoms with van der Waals surface area (Å²) >= 11 is 0. The largest absolute Gasteiger partial charge is 0.493 e. The maximum absolute atomic E-state index is 12.3. The molecule has 0 radical (unpaired) electrons. The van der Waals surface area contributed by atoms with E-state index in [1.54, 1.807) is 32.0 Å². The maximum Gasteiger partial charge on any atom is 0.379 e. The lowest BCUT2D eigenvalue weighted by atomic mass is 10.00. The molecule has 0 unspecified atom stereocenters. The monoisotopic (exact) mass is 385 g/mol. The molecule has 3 rings (SSSR count). The first-order chi connectivity index (χ1) is 13.4. The molecule has 28 heavy (non-hydrogen) atoms. The molecule has 1 aromatic heterocycles. The normalized spacial score (nSPS) is 19.2. The van der Waals surface area contributed by atoms with E-state index in [1.165, 1.54) is 31.7 Å². The van der Waals surface area contributed by atoms with Crippen LogP contribution in [0.15, 0.2) is 46.1 Å². The van der Waals surface area contributed by atoms with Crippen molar-refractivity contribution in [3.63, 3.8) is 0 Å². The van der Waals surface area contributed by atoms with Crippen LogP contribution in [0.25, 0.3) is 0 Å². The number of methoxy groups -OCH3 is 1. The molecule has 1 fully saturated rings. The van der Waals surface area contributed by atoms with Gasteiger partial charge >= 0.3 is 12.0 Å². The summed E-state index contributed by atoms with van der Waals surface area (Å²) in [6, 6.07) is 7.16. The quantitative estimate of drug-likeness (QED) is 0.354. The molecule has 1 atom stereocenters. The first-order valence-electron chi connectivity index (χ1n) is 8.52. The van der Waals surface area contributed by atoms with Crippen molar-refractivity contribution in [1.82, 2.24) is 10.3 Å². The molecule has 1 aliphatic heterocycles. The van der Waals surface area contributed by atoms with Crippen molar-refractivity contribution >= 4 is 24.1 Å². The minimum absolute atomic E-state index is 0.0604. The third kappa shape index (κ3) is 3.59. The van der Waals surface area contributed by atoms with Crippen molar-refractivity contribution in [2.45, 2.75) is 25.8 Å². The minimum Gasteiger partial charge on any atom is -0.493 e. The second-order valence-electron chi connectivity index (χ2n) is 6.25. The van der Waals surface area contributed by atoms with Crippen LogP contribution in [0.2, 0.25) is 0 Å². The maximum atomic E-state index is 12.3. The van der Waals surface area contributed by atoms with Crippen molar-refractivity contribution < 1.29 is 28.3 Å². The number of benzene rings is 1. The van der Waals surface area contributed by atoms with Crippen LogP contribution < -0.4 is 14.8 Å². The Morgan fingerprint density at radius 2 is 2.11 bits per heavy atom. The average Bonchev–Trinajstić information content (AvgIpc) is 3.29. The fraction of sp³-hybridized carbons (Fsp3) is 0.263. The number of nitrogens with zero attached hydrogens (tertiary/aromatic N) is 2. The van der Waals surface area contributed by atoms with E-state index in [2.05, 4.69) is 10.4 Å². The second-order valence-corrected chi connectivity index (χ2v) is 6.25. The zero-order chi connectivity index (χ0) is 20.3. The highest BCUT2D eigenvalue weighted by atomic mass is 16.6. The van der Waals surface area contributed by atoms with Crippen LogP contribution in [-0.4, -0.2) is 41.8 Å². The van der Waals surface area contributed by atoms with Crippen molar-refractivity contribution in [3.05, 3.63) is 47.9 Å². The Morgan fingerprint density at radius 1 is 1.32 bits per heavy atom. The average molecular weight is 385 g/mol. The molecule has 3 amide bonds. The Bertz CT molecular complexity index is 937. The van der Waals surface area contributed by atoms with Gasteiger partial charge in [0.05, 0.1) is 19.6 Å². The number of hydrogen-bond acceptors (Lipinski definition) is 7. The number of imide groups is 1. The number of carbonyl (C=O) groups is 3. The molecule has 1 aliphatic rings. The summed E-state index contributed by atoms with van der Waals surface area (Å²) < 4.78 is 15.5. The van der Waals surface area contributed by atoms with Crippen molar-refractivity contribution in [2.75, 3.05) is 7.11 Å². The number of nitrogens with one attached hydrogen (secondary N) is 1. The highest BCUT2D eigenvalue weighted by molar-refractivity contribution is 6.07. The van der Waals surface area contributed by atoms with E-state index in [-0.39, 0.29) is 17.3 Å². The Labute approximate surface area is 160 Å². The first kappa shape index (κ1) is 19.2. The van der Waals surface area contributed by atoms with Gasteiger partial charge in [0, 0.05) is 0 Å². The fourth-order valence-corrected chi connectivity index (χ4v) is 2.53. The second kappa shape index (κ2) is 7.55. The molecule has 0 aliphatic carbocycles. The van der Waals surface area contributed by atoms with Crippen LogP contribution in [0.4, 0.5) is 4.79 Å². The topological polar surface area (TPSA) is 110 Å². The number of ether oxygens (including phenoxy) is 2. The van der Waals surface area contributed by atoms with E-state index in [4.69, 9.17) is 13.9 Å². The first-order valence-corrected chi connectivity index (χ1v) is 8.52. The smallest absolute Gasteiger partial charge is 0.379 e. The summed E-state index contributed by atoms with van der Waals surface area (Å²) in [6.07, 6.45) is 3.17. The molecule has 0 bridgehead atoms. The summed E-state index contributed by atoms with van der Waals surface area (Å²) in [5, 5.41) is 7.38. The Balaban J connectivity index is 1.77. The molecule has 0 saturated carbocycles. The van der Waals surface area contributed by atoms with Crippen LogP contribution in [0.3, 0.4) is 0 Å². The number of carbonyl (C=O) groups excluding carboxylic acids is 3. The zero-order valence-corrected chi connectivity index (χ0v) is 15.6. The van der Waals surface area contributed by atoms with Gasteiger partial charge in [-0.1, -0.05) is 6.92 Å². The van der Waals surface area contributed by atoms with Gasteiger partial charge in [0.2, 0.25) is 5.76 Å². The van der Waals surface area contributed by atoms with Gasteiger partial charge in [-0.05, 0) is 49.2 Å². The number of hydrogen-bond donors (Lipinski definition) is 1. The zero-order valence-electron chi connectivity index (χ0n) is 15.6. The summed E-state index contributed by atoms with van der Waals surface area (Å²) in [5.74, 6) is -0.561. The highest BCUT2D eigenvalue weighted by Gasteiger charge is 2.46. The van der Waals surface area contributed by atoms with Gasteiger partial charge < -0.3 is 19.2 Å². The molecule has 0 spiro atoms. The molecule has 2 heterocycles. The Hall–Kier alpha value is -3.62. The third-order valence-corrected chi connectivity index (χ3v) is 4.38. The lowest BCUT2D eigenvalue weighted by Crippen LogP contribution is -2.42. The number of esters is 1. The molecule has 146 valence electrons. The van der Waals surface area contributed by atoms with Crippen LogP contribution >= 0.6 is 0 Å². The van der Waals surface area contributed by atoms with Crippen LogP contribution in [0, 0.1) is 0 Å². The van der Waals surface area contributed by atoms with E-state index < -0.39 is 23.4 Å². The van der Waals surface area contributed by atoms with Crippen LogP contribution in [-0.2, 0) is 4.79 Å². The van der Waals surface area contributed by atoms with Gasteiger partial charge in [-0.2, -0.15) is 5.10 Å². The van der Waals surface area contributed by atoms with Crippen molar-refractivity contribution in [1.29, 1.82) is 0 Å². The van der Waals surface area contributed by atoms with E-state index in [1.807, 2.05) is 0 Å². The fourth-order valence-electron chi connectivity index (χ4n) is 2.53. The third-order valence-electron chi connectivity index (χ3n) is 4.38. The molecule has 1 aromatic carbocycles. The van der Waals surface area contributed by atoms with Gasteiger partial charge in [0.1, 0.15) is 5.54 Å². The van der Waals surface area contributed by atoms with Gasteiger partial charge in [-0.15, -0.1) is 5.01 Å². The number of urea groups is 1. The standard InChI is InChI=1S/C19H19N3O6/c1-4-19(2)17(24)22(18(25)21-19)20-11-12-7-8-13(15(10-12)26-3)28-16(23)14-6-5-9-27-14/h5-11H,4H2,1-3H3,(H,21,25)/b20-11-/t19-/m1/s1. The van der Waals surface area contributed by atoms with Crippen molar-refractivity contribution in [3.8, 4) is 11.5 Å². The molecule has 2 aromatic rings. The highest BCUT2D eigenvalue weighted by Crippen LogP contribution is 2.28. The molecule has 1 N–H and O–H groups in total. The van der Waals surface area contributed by atoms with E-state index >= 15 is 0 Å². The van der Waals surface area contributed by atoms with E-state index in [0.29, 0.717) is 12.0 Å². The molecule has 1 saturated heterocycles. The number of hydrazone groups is 1. The van der Waals surface area contributed by atoms with Crippen LogP contribution in [0.5, 0.6) is 11.5 Å². The Kier molecular flexibility index (Phi) is 5.16. The summed E-state index contributed by atoms with van der Waals surface area (Å²) in [4.78, 5) is 36.3. The number of furan rings is 1. The van der Waals surface area contributed by atoms with Gasteiger partial charge in [0.15, 0.2) is 11.5 Å². The van der Waals surface area contributed by atoms with Gasteiger partial charge in [-0.25, -0.2) is 9.59 Å². The lowest BCUT2D eigenvalue weighted by molar-refractivity contribution is -0.130. The van der Waals surface area contributed by atoms with E-state index in [9.17, 15) is 14.4 Å². The molecular weight excluding hydrogens is 366 g/mol. The Morgan fingerprint density at radius 3 is 2.71 bits per heavy atom. The summed E-state index contributed by atoms with van der Waals surface area (Å²) in [5.41, 5.74) is -0.420. The van der Waals surface area contributed by atoms with Crippen LogP contribution in [0.1, 0.15) is 36.4 Å². The van der Waals surface area contributed by atoms with Crippen molar-refractivity contribution in [2.24, 2.45) is 5.10 Å². The SMILES string of the molecule is CC[C@@]1(C)NC(=O)N(/N=C\c2ccc(OC(=O)c3ccco3)c(OC)c2)C1=O. The predicted octanol–water partition coefficient (Wildman–Crippen LogP) is 2.56. The number of amides is 3.